The Labute approximate surface area is 198 Å². The number of carbonyl (C=O) groups excluding carboxylic acids is 2. The van der Waals surface area contributed by atoms with Crippen molar-refractivity contribution in [2.75, 3.05) is 19.6 Å². The summed E-state index contributed by atoms with van der Waals surface area (Å²) in [5, 5.41) is 16.5. The second-order valence-electron chi connectivity index (χ2n) is 8.71. The van der Waals surface area contributed by atoms with E-state index in [1.165, 1.54) is 53.4 Å². The summed E-state index contributed by atoms with van der Waals surface area (Å²) in [7, 11) is -3.93. The molecule has 2 atom stereocenters. The largest absolute Gasteiger partial charge is 0.573 e. The first-order valence-electron chi connectivity index (χ1n) is 10.5. The third kappa shape index (κ3) is 5.20. The number of benzene rings is 2. The molecule has 0 saturated carbocycles. The summed E-state index contributed by atoms with van der Waals surface area (Å²) in [6.45, 7) is 0.693. The van der Waals surface area contributed by atoms with Crippen LogP contribution in [0.3, 0.4) is 0 Å². The Kier molecular flexibility index (Phi) is 6.18. The van der Waals surface area contributed by atoms with Gasteiger partial charge in [0.1, 0.15) is 11.8 Å². The molecule has 0 radical (unpaired) electrons. The number of sulfonamides is 1. The molecular formula is C22H21F3N3O6S-. The molecule has 2 aliphatic heterocycles. The van der Waals surface area contributed by atoms with Crippen molar-refractivity contribution in [3.63, 3.8) is 0 Å². The minimum absolute atomic E-state index is 0.146. The number of ether oxygens (including phenoxy) is 1. The molecule has 35 heavy (non-hydrogen) atoms. The number of alkyl halides is 3. The quantitative estimate of drug-likeness (QED) is 0.643. The van der Waals surface area contributed by atoms with E-state index in [0.29, 0.717) is 12.0 Å². The van der Waals surface area contributed by atoms with Gasteiger partial charge in [-0.2, -0.15) is 0 Å². The standard InChI is InChI=1S/C22H22F3N3O6S/c23-22(24,25)34-16-5-1-14(2-6-16)11-18-21(9-10-27(12-21)20(30)31)13-28(18)19(29)15-3-7-17(8-4-15)35(26,32)33/h1-8,18H,9-13H2,(H,30,31)(H2,26,32,33)/p-1. The summed E-state index contributed by atoms with van der Waals surface area (Å²) in [6, 6.07) is 9.96. The van der Waals surface area contributed by atoms with Crippen molar-refractivity contribution in [1.82, 2.24) is 9.80 Å². The van der Waals surface area contributed by atoms with Crippen molar-refractivity contribution in [1.29, 1.82) is 0 Å². The zero-order valence-corrected chi connectivity index (χ0v) is 19.0. The van der Waals surface area contributed by atoms with Gasteiger partial charge in [0, 0.05) is 36.7 Å². The first-order valence-corrected chi connectivity index (χ1v) is 12.1. The Morgan fingerprint density at radius 2 is 1.71 bits per heavy atom. The number of hydrogen-bond donors (Lipinski definition) is 1. The number of likely N-dealkylation sites (tertiary alicyclic amines) is 2. The molecule has 0 aliphatic carbocycles. The van der Waals surface area contributed by atoms with Gasteiger partial charge in [-0.05, 0) is 54.8 Å². The van der Waals surface area contributed by atoms with Crippen LogP contribution in [0.5, 0.6) is 5.75 Å². The molecule has 1 spiro atoms. The minimum atomic E-state index is -4.82. The number of nitrogens with zero attached hydrogens (tertiary/aromatic N) is 2. The highest BCUT2D eigenvalue weighted by Gasteiger charge is 2.57. The average Bonchev–Trinajstić information content (AvgIpc) is 3.23. The Morgan fingerprint density at radius 3 is 2.23 bits per heavy atom. The normalized spacial score (nSPS) is 22.2. The van der Waals surface area contributed by atoms with Gasteiger partial charge in [0.25, 0.3) is 5.91 Å². The molecule has 2 heterocycles. The van der Waals surface area contributed by atoms with Crippen LogP contribution in [-0.2, 0) is 16.4 Å². The fraction of sp³-hybridized carbons (Fsp3) is 0.364. The van der Waals surface area contributed by atoms with Crippen LogP contribution in [0.25, 0.3) is 0 Å². The van der Waals surface area contributed by atoms with E-state index in [1.54, 1.807) is 4.90 Å². The molecule has 9 nitrogen and oxygen atoms in total. The van der Waals surface area contributed by atoms with Gasteiger partial charge < -0.3 is 24.4 Å². The van der Waals surface area contributed by atoms with Gasteiger partial charge >= 0.3 is 6.36 Å². The van der Waals surface area contributed by atoms with Crippen molar-refractivity contribution in [3.8, 4) is 5.75 Å². The third-order valence-corrected chi connectivity index (χ3v) is 7.42. The van der Waals surface area contributed by atoms with E-state index in [4.69, 9.17) is 5.14 Å². The van der Waals surface area contributed by atoms with Crippen LogP contribution in [0.2, 0.25) is 0 Å². The summed E-state index contributed by atoms with van der Waals surface area (Å²) in [6.07, 6.45) is -5.36. The number of rotatable bonds is 5. The number of nitrogens with two attached hydrogens (primary N) is 1. The van der Waals surface area contributed by atoms with Gasteiger partial charge in [0.2, 0.25) is 10.0 Å². The molecule has 2 aromatic carbocycles. The molecule has 4 rings (SSSR count). The Balaban J connectivity index is 1.56. The van der Waals surface area contributed by atoms with Gasteiger partial charge in [-0.25, -0.2) is 13.6 Å². The van der Waals surface area contributed by atoms with E-state index in [9.17, 15) is 36.3 Å². The Bertz CT molecular complexity index is 1230. The van der Waals surface area contributed by atoms with Crippen molar-refractivity contribution < 1.29 is 41.0 Å². The lowest BCUT2D eigenvalue weighted by Crippen LogP contribution is -2.68. The van der Waals surface area contributed by atoms with Crippen molar-refractivity contribution in [2.24, 2.45) is 10.6 Å². The molecule has 188 valence electrons. The van der Waals surface area contributed by atoms with E-state index in [1.807, 2.05) is 0 Å². The molecule has 2 aromatic rings. The summed E-state index contributed by atoms with van der Waals surface area (Å²) in [5.74, 6) is -0.762. The Hall–Kier alpha value is -3.32. The fourth-order valence-electron chi connectivity index (χ4n) is 4.77. The fourth-order valence-corrected chi connectivity index (χ4v) is 5.28. The number of carboxylic acid groups (broad SMARTS) is 1. The maximum absolute atomic E-state index is 13.2. The second kappa shape index (κ2) is 8.72. The smallest absolute Gasteiger partial charge is 0.530 e. The lowest BCUT2D eigenvalue weighted by Gasteiger charge is -2.56. The molecule has 2 aliphatic rings. The minimum Gasteiger partial charge on any atom is -0.530 e. The van der Waals surface area contributed by atoms with Gasteiger partial charge in [-0.3, -0.25) is 4.79 Å². The van der Waals surface area contributed by atoms with Crippen LogP contribution in [0.1, 0.15) is 22.3 Å². The molecule has 13 heteroatoms. The van der Waals surface area contributed by atoms with Gasteiger partial charge in [-0.1, -0.05) is 12.1 Å². The second-order valence-corrected chi connectivity index (χ2v) is 10.3. The predicted octanol–water partition coefficient (Wildman–Crippen LogP) is 1.34. The maximum atomic E-state index is 13.2. The number of halogens is 3. The SMILES string of the molecule is NS(=O)(=O)c1ccc(C(=O)N2CC3(CCN(C(=O)[O-])C3)C2Cc2ccc(OC(F)(F)F)cc2)cc1. The molecule has 2 N–H and O–H groups in total. The van der Waals surface area contributed by atoms with Crippen LogP contribution in [-0.4, -0.2) is 62.3 Å². The van der Waals surface area contributed by atoms with E-state index >= 15 is 0 Å². The highest BCUT2D eigenvalue weighted by atomic mass is 32.2. The van der Waals surface area contributed by atoms with E-state index in [0.717, 1.165) is 0 Å². The van der Waals surface area contributed by atoms with Gasteiger partial charge in [-0.15, -0.1) is 13.2 Å². The van der Waals surface area contributed by atoms with E-state index < -0.39 is 33.9 Å². The lowest BCUT2D eigenvalue weighted by atomic mass is 9.68. The monoisotopic (exact) mass is 512 g/mol. The van der Waals surface area contributed by atoms with Crippen LogP contribution < -0.4 is 15.0 Å². The predicted molar refractivity (Wildman–Crippen MR) is 113 cm³/mol. The molecule has 2 saturated heterocycles. The van der Waals surface area contributed by atoms with Crippen LogP contribution in [0.15, 0.2) is 53.4 Å². The van der Waals surface area contributed by atoms with Crippen molar-refractivity contribution >= 4 is 22.0 Å². The van der Waals surface area contributed by atoms with Crippen molar-refractivity contribution in [2.45, 2.75) is 30.1 Å². The first-order chi connectivity index (χ1) is 16.3. The summed E-state index contributed by atoms with van der Waals surface area (Å²) in [5.41, 5.74) is 0.330. The first kappa shape index (κ1) is 24.8. The van der Waals surface area contributed by atoms with Gasteiger partial charge in [0.05, 0.1) is 4.90 Å². The van der Waals surface area contributed by atoms with E-state index in [2.05, 4.69) is 4.74 Å². The van der Waals surface area contributed by atoms with Crippen LogP contribution in [0, 0.1) is 5.41 Å². The maximum Gasteiger partial charge on any atom is 0.573 e. The highest BCUT2D eigenvalue weighted by Crippen LogP contribution is 2.47. The topological polar surface area (TPSA) is 133 Å². The molecule has 2 amide bonds. The summed E-state index contributed by atoms with van der Waals surface area (Å²) >= 11 is 0. The van der Waals surface area contributed by atoms with Crippen molar-refractivity contribution in [3.05, 3.63) is 59.7 Å². The zero-order valence-electron chi connectivity index (χ0n) is 18.2. The average molecular weight is 512 g/mol. The number of primary sulfonamides is 1. The van der Waals surface area contributed by atoms with Crippen LogP contribution in [0.4, 0.5) is 18.0 Å². The zero-order chi connectivity index (χ0) is 25.6. The third-order valence-electron chi connectivity index (χ3n) is 6.49. The number of hydrogen-bond acceptors (Lipinski definition) is 6. The number of amides is 2. The molecular weight excluding hydrogens is 491 g/mol. The summed E-state index contributed by atoms with van der Waals surface area (Å²) < 4.78 is 64.2. The summed E-state index contributed by atoms with van der Waals surface area (Å²) in [4.78, 5) is 27.2. The lowest BCUT2D eigenvalue weighted by molar-refractivity contribution is -0.274. The molecule has 0 bridgehead atoms. The highest BCUT2D eigenvalue weighted by molar-refractivity contribution is 7.89. The molecule has 2 unspecified atom stereocenters. The number of carbonyl (C=O) groups is 2. The molecule has 0 aromatic heterocycles. The van der Waals surface area contributed by atoms with E-state index in [-0.39, 0.29) is 48.2 Å². The van der Waals surface area contributed by atoms with Crippen LogP contribution >= 0.6 is 0 Å². The Morgan fingerprint density at radius 1 is 1.09 bits per heavy atom. The molecule has 2 fully saturated rings. The van der Waals surface area contributed by atoms with Gasteiger partial charge in [0.15, 0.2) is 0 Å².